The smallest absolute Gasteiger partial charge is 0.261 e. The van der Waals surface area contributed by atoms with Gasteiger partial charge in [-0.05, 0) is 43.9 Å². The lowest BCUT2D eigenvalue weighted by molar-refractivity contribution is 0.0713. The van der Waals surface area contributed by atoms with E-state index in [1.54, 1.807) is 6.33 Å². The van der Waals surface area contributed by atoms with Gasteiger partial charge >= 0.3 is 0 Å². The SMILES string of the molecule is O=c1c2ccc(N3CCN(CC4CCCO4)CC3)cc2ncn1C1CCCC1. The van der Waals surface area contributed by atoms with Gasteiger partial charge in [0.15, 0.2) is 0 Å². The topological polar surface area (TPSA) is 50.6 Å². The minimum absolute atomic E-state index is 0.116. The minimum atomic E-state index is 0.116. The number of hydrogen-bond donors (Lipinski definition) is 0. The van der Waals surface area contributed by atoms with Crippen LogP contribution in [0.3, 0.4) is 0 Å². The normalized spacial score (nSPS) is 24.4. The molecule has 0 amide bonds. The summed E-state index contributed by atoms with van der Waals surface area (Å²) >= 11 is 0. The number of ether oxygens (including phenoxy) is 1. The lowest BCUT2D eigenvalue weighted by Crippen LogP contribution is -2.48. The van der Waals surface area contributed by atoms with Gasteiger partial charge in [0, 0.05) is 51.1 Å². The fraction of sp³-hybridized carbons (Fsp3) is 0.636. The number of anilines is 1. The molecule has 0 bridgehead atoms. The lowest BCUT2D eigenvalue weighted by atomic mass is 10.1. The fourth-order valence-corrected chi connectivity index (χ4v) is 5.03. The van der Waals surface area contributed by atoms with Crippen LogP contribution in [0.25, 0.3) is 10.9 Å². The van der Waals surface area contributed by atoms with Crippen LogP contribution in [-0.2, 0) is 4.74 Å². The maximum Gasteiger partial charge on any atom is 0.261 e. The summed E-state index contributed by atoms with van der Waals surface area (Å²) in [6.45, 7) is 6.14. The molecular formula is C22H30N4O2. The predicted molar refractivity (Wildman–Crippen MR) is 111 cm³/mol. The highest BCUT2D eigenvalue weighted by atomic mass is 16.5. The molecular weight excluding hydrogens is 352 g/mol. The standard InChI is InChI=1S/C22H30N4O2/c27-22-20-8-7-18(14-21(20)23-16-26(22)17-4-1-2-5-17)25-11-9-24(10-12-25)15-19-6-3-13-28-19/h7-8,14,16-17,19H,1-6,9-13,15H2. The van der Waals surface area contributed by atoms with Gasteiger partial charge in [0.25, 0.3) is 5.56 Å². The highest BCUT2D eigenvalue weighted by Gasteiger charge is 2.23. The number of piperazine rings is 1. The zero-order valence-corrected chi connectivity index (χ0v) is 16.6. The first kappa shape index (κ1) is 18.1. The molecule has 5 rings (SSSR count). The number of fused-ring (bicyclic) bond motifs is 1. The molecule has 2 saturated heterocycles. The van der Waals surface area contributed by atoms with E-state index in [2.05, 4.69) is 26.9 Å². The van der Waals surface area contributed by atoms with Gasteiger partial charge in [-0.1, -0.05) is 12.8 Å². The summed E-state index contributed by atoms with van der Waals surface area (Å²) in [5.41, 5.74) is 2.11. The van der Waals surface area contributed by atoms with Crippen molar-refractivity contribution >= 4 is 16.6 Å². The Bertz CT molecular complexity index is 876. The average molecular weight is 383 g/mol. The Morgan fingerprint density at radius 2 is 1.86 bits per heavy atom. The van der Waals surface area contributed by atoms with Crippen molar-refractivity contribution in [3.63, 3.8) is 0 Å². The van der Waals surface area contributed by atoms with E-state index in [0.29, 0.717) is 12.1 Å². The molecule has 1 saturated carbocycles. The molecule has 1 aromatic carbocycles. The van der Waals surface area contributed by atoms with Gasteiger partial charge in [-0.3, -0.25) is 14.3 Å². The van der Waals surface area contributed by atoms with Gasteiger partial charge in [-0.15, -0.1) is 0 Å². The summed E-state index contributed by atoms with van der Waals surface area (Å²) in [7, 11) is 0. The molecule has 0 N–H and O–H groups in total. The molecule has 1 atom stereocenters. The van der Waals surface area contributed by atoms with Crippen LogP contribution in [0.15, 0.2) is 29.3 Å². The zero-order chi connectivity index (χ0) is 18.9. The molecule has 1 aromatic heterocycles. The van der Waals surface area contributed by atoms with Crippen LogP contribution in [0.1, 0.15) is 44.6 Å². The first-order valence-electron chi connectivity index (χ1n) is 10.9. The Balaban J connectivity index is 1.29. The third kappa shape index (κ3) is 3.55. The number of aromatic nitrogens is 2. The van der Waals surface area contributed by atoms with Gasteiger partial charge in [0.1, 0.15) is 0 Å². The number of nitrogens with zero attached hydrogens (tertiary/aromatic N) is 4. The monoisotopic (exact) mass is 382 g/mol. The summed E-state index contributed by atoms with van der Waals surface area (Å²) < 4.78 is 7.64. The third-order valence-electron chi connectivity index (χ3n) is 6.71. The Hall–Kier alpha value is -1.92. The van der Waals surface area contributed by atoms with Gasteiger partial charge in [-0.2, -0.15) is 0 Å². The second-order valence-corrected chi connectivity index (χ2v) is 8.52. The van der Waals surface area contributed by atoms with E-state index in [1.807, 2.05) is 10.6 Å². The number of rotatable bonds is 4. The number of benzene rings is 1. The maximum atomic E-state index is 12.9. The molecule has 2 aliphatic heterocycles. The second-order valence-electron chi connectivity index (χ2n) is 8.52. The average Bonchev–Trinajstić information content (AvgIpc) is 3.43. The maximum absolute atomic E-state index is 12.9. The van der Waals surface area contributed by atoms with Crippen LogP contribution in [0.5, 0.6) is 0 Å². The zero-order valence-electron chi connectivity index (χ0n) is 16.6. The Labute approximate surface area is 166 Å². The highest BCUT2D eigenvalue weighted by Crippen LogP contribution is 2.28. The van der Waals surface area contributed by atoms with Crippen molar-refractivity contribution in [2.75, 3.05) is 44.2 Å². The summed E-state index contributed by atoms with van der Waals surface area (Å²) in [6.07, 6.45) is 9.23. The predicted octanol–water partition coefficient (Wildman–Crippen LogP) is 2.81. The Morgan fingerprint density at radius 1 is 1.04 bits per heavy atom. The molecule has 3 fully saturated rings. The molecule has 2 aromatic rings. The molecule has 0 radical (unpaired) electrons. The van der Waals surface area contributed by atoms with Crippen LogP contribution >= 0.6 is 0 Å². The van der Waals surface area contributed by atoms with Gasteiger partial charge in [0.05, 0.1) is 23.3 Å². The molecule has 1 unspecified atom stereocenters. The second kappa shape index (κ2) is 7.84. The lowest BCUT2D eigenvalue weighted by Gasteiger charge is -2.37. The molecule has 28 heavy (non-hydrogen) atoms. The summed E-state index contributed by atoms with van der Waals surface area (Å²) in [5, 5.41) is 0.746. The Morgan fingerprint density at radius 3 is 2.61 bits per heavy atom. The van der Waals surface area contributed by atoms with E-state index in [4.69, 9.17) is 4.74 Å². The highest BCUT2D eigenvalue weighted by molar-refractivity contribution is 5.81. The van der Waals surface area contributed by atoms with Crippen LogP contribution in [0.4, 0.5) is 5.69 Å². The Kier molecular flexibility index (Phi) is 5.07. The molecule has 6 nitrogen and oxygen atoms in total. The first-order valence-corrected chi connectivity index (χ1v) is 10.9. The summed E-state index contributed by atoms with van der Waals surface area (Å²) in [4.78, 5) is 22.5. The fourth-order valence-electron chi connectivity index (χ4n) is 5.03. The summed E-state index contributed by atoms with van der Waals surface area (Å²) in [5.74, 6) is 0. The van der Waals surface area contributed by atoms with Crippen molar-refractivity contribution in [3.05, 3.63) is 34.9 Å². The van der Waals surface area contributed by atoms with E-state index in [-0.39, 0.29) is 5.56 Å². The van der Waals surface area contributed by atoms with E-state index < -0.39 is 0 Å². The molecule has 6 heteroatoms. The van der Waals surface area contributed by atoms with Crippen molar-refractivity contribution in [2.24, 2.45) is 0 Å². The van der Waals surface area contributed by atoms with Gasteiger partial charge in [-0.25, -0.2) is 4.98 Å². The van der Waals surface area contributed by atoms with Crippen molar-refractivity contribution in [1.29, 1.82) is 0 Å². The van der Waals surface area contributed by atoms with Crippen LogP contribution in [-0.4, -0.2) is 59.9 Å². The molecule has 1 aliphatic carbocycles. The first-order chi connectivity index (χ1) is 13.8. The van der Waals surface area contributed by atoms with Crippen molar-refractivity contribution < 1.29 is 4.74 Å². The van der Waals surface area contributed by atoms with Crippen molar-refractivity contribution in [3.8, 4) is 0 Å². The van der Waals surface area contributed by atoms with E-state index >= 15 is 0 Å². The largest absolute Gasteiger partial charge is 0.377 e. The third-order valence-corrected chi connectivity index (χ3v) is 6.71. The van der Waals surface area contributed by atoms with Crippen LogP contribution in [0, 0.1) is 0 Å². The summed E-state index contributed by atoms with van der Waals surface area (Å²) in [6, 6.07) is 6.50. The molecule has 0 spiro atoms. The molecule has 3 heterocycles. The van der Waals surface area contributed by atoms with Gasteiger partial charge < -0.3 is 9.64 Å². The van der Waals surface area contributed by atoms with E-state index in [0.717, 1.165) is 63.1 Å². The molecule has 3 aliphatic rings. The molecule has 150 valence electrons. The van der Waals surface area contributed by atoms with E-state index in [1.165, 1.54) is 31.4 Å². The van der Waals surface area contributed by atoms with Crippen LogP contribution in [0.2, 0.25) is 0 Å². The number of hydrogen-bond acceptors (Lipinski definition) is 5. The van der Waals surface area contributed by atoms with Crippen molar-refractivity contribution in [1.82, 2.24) is 14.5 Å². The van der Waals surface area contributed by atoms with Gasteiger partial charge in [0.2, 0.25) is 0 Å². The van der Waals surface area contributed by atoms with Crippen LogP contribution < -0.4 is 10.5 Å². The minimum Gasteiger partial charge on any atom is -0.377 e. The van der Waals surface area contributed by atoms with Crippen molar-refractivity contribution in [2.45, 2.75) is 50.7 Å². The quantitative estimate of drug-likeness (QED) is 0.814. The van der Waals surface area contributed by atoms with E-state index in [9.17, 15) is 4.79 Å².